The van der Waals surface area contributed by atoms with Crippen LogP contribution in [0.4, 0.5) is 0 Å². The monoisotopic (exact) mass is 424 g/mol. The average molecular weight is 425 g/mol. The largest absolute Gasteiger partial charge is 0.353 e. The number of nitrogens with one attached hydrogen (secondary N) is 1. The third-order valence-electron chi connectivity index (χ3n) is 6.65. The van der Waals surface area contributed by atoms with E-state index < -0.39 is 0 Å². The molecule has 2 fully saturated rings. The summed E-state index contributed by atoms with van der Waals surface area (Å²) in [6, 6.07) is 10.4. The van der Waals surface area contributed by atoms with Crippen LogP contribution in [0, 0.1) is 5.92 Å². The highest BCUT2D eigenvalue weighted by atomic mass is 16.2. The number of aryl methyl sites for hydroxylation is 1. The molecule has 1 aliphatic carbocycles. The average Bonchev–Trinajstić information content (AvgIpc) is 3.29. The van der Waals surface area contributed by atoms with Gasteiger partial charge in [-0.15, -0.1) is 10.2 Å². The first-order chi connectivity index (χ1) is 15.3. The van der Waals surface area contributed by atoms with E-state index in [1.54, 1.807) is 4.80 Å². The summed E-state index contributed by atoms with van der Waals surface area (Å²) in [4.78, 5) is 16.9. The summed E-state index contributed by atoms with van der Waals surface area (Å²) in [6.07, 6.45) is 11.7. The number of nitrogens with zero attached hydrogens (tertiary/aromatic N) is 5. The fourth-order valence-electron chi connectivity index (χ4n) is 4.84. The van der Waals surface area contributed by atoms with Crippen LogP contribution < -0.4 is 5.32 Å². The lowest BCUT2D eigenvalue weighted by Crippen LogP contribution is -2.46. The smallest absolute Gasteiger partial charge is 0.224 e. The Balaban J connectivity index is 1.12. The standard InChI is InChI=1S/C24H36N6O/c31-24(25-22-14-6-2-7-15-22)21-13-10-17-29(19-21)16-8-3-9-18-30-27-23(26-28-30)20-11-4-1-5-12-20/h1,4-5,11-12,21-22H,2-3,6-10,13-19H2,(H,25,31). The van der Waals surface area contributed by atoms with Crippen molar-refractivity contribution in [2.45, 2.75) is 76.8 Å². The Morgan fingerprint density at radius 2 is 1.77 bits per heavy atom. The van der Waals surface area contributed by atoms with Crippen LogP contribution in [0.1, 0.15) is 64.2 Å². The van der Waals surface area contributed by atoms with Gasteiger partial charge in [0.2, 0.25) is 11.7 Å². The molecule has 1 aliphatic heterocycles. The molecule has 0 spiro atoms. The zero-order valence-electron chi connectivity index (χ0n) is 18.6. The van der Waals surface area contributed by atoms with Gasteiger partial charge in [-0.05, 0) is 56.8 Å². The van der Waals surface area contributed by atoms with Crippen LogP contribution in [-0.4, -0.2) is 56.7 Å². The molecule has 1 atom stereocenters. The number of likely N-dealkylation sites (tertiary alicyclic amines) is 1. The number of tetrazole rings is 1. The van der Waals surface area contributed by atoms with Crippen LogP contribution in [0.2, 0.25) is 0 Å². The molecule has 2 aromatic rings. The van der Waals surface area contributed by atoms with E-state index in [4.69, 9.17) is 0 Å². The second kappa shape index (κ2) is 11.4. The van der Waals surface area contributed by atoms with Crippen molar-refractivity contribution in [2.24, 2.45) is 5.92 Å². The lowest BCUT2D eigenvalue weighted by atomic mass is 9.93. The first-order valence-electron chi connectivity index (χ1n) is 12.1. The molecule has 4 rings (SSSR count). The number of aromatic nitrogens is 4. The molecule has 2 aliphatic rings. The number of benzene rings is 1. The Morgan fingerprint density at radius 1 is 0.968 bits per heavy atom. The maximum Gasteiger partial charge on any atom is 0.224 e. The second-order valence-corrected chi connectivity index (χ2v) is 9.12. The Hall–Kier alpha value is -2.28. The van der Waals surface area contributed by atoms with E-state index >= 15 is 0 Å². The van der Waals surface area contributed by atoms with Crippen LogP contribution in [0.5, 0.6) is 0 Å². The number of hydrogen-bond acceptors (Lipinski definition) is 5. The van der Waals surface area contributed by atoms with E-state index in [1.165, 1.54) is 19.3 Å². The summed E-state index contributed by atoms with van der Waals surface area (Å²) in [7, 11) is 0. The van der Waals surface area contributed by atoms with Crippen molar-refractivity contribution in [1.29, 1.82) is 0 Å². The molecule has 0 bridgehead atoms. The van der Waals surface area contributed by atoms with E-state index in [9.17, 15) is 4.79 Å². The first-order valence-corrected chi connectivity index (χ1v) is 12.1. The molecule has 1 saturated carbocycles. The molecular formula is C24H36N6O. The second-order valence-electron chi connectivity index (χ2n) is 9.12. The Kier molecular flexibility index (Phi) is 8.04. The fraction of sp³-hybridized carbons (Fsp3) is 0.667. The summed E-state index contributed by atoms with van der Waals surface area (Å²) in [5.41, 5.74) is 1.00. The normalized spacial score (nSPS) is 20.6. The van der Waals surface area contributed by atoms with Crippen molar-refractivity contribution in [2.75, 3.05) is 19.6 Å². The maximum atomic E-state index is 12.7. The van der Waals surface area contributed by atoms with Crippen molar-refractivity contribution < 1.29 is 4.79 Å². The lowest BCUT2D eigenvalue weighted by molar-refractivity contribution is -0.127. The molecule has 168 valence electrons. The molecular weight excluding hydrogens is 388 g/mol. The number of carbonyl (C=O) groups excluding carboxylic acids is 1. The SMILES string of the molecule is O=C(NC1CCCCC1)C1CCCN(CCCCCn2nnc(-c3ccccc3)n2)C1. The Labute approximate surface area is 185 Å². The van der Waals surface area contributed by atoms with Crippen LogP contribution in [0.15, 0.2) is 30.3 Å². The molecule has 31 heavy (non-hydrogen) atoms. The van der Waals surface area contributed by atoms with Crippen molar-refractivity contribution in [3.63, 3.8) is 0 Å². The predicted molar refractivity (Wildman–Crippen MR) is 121 cm³/mol. The number of amides is 1. The third kappa shape index (κ3) is 6.60. The van der Waals surface area contributed by atoms with Crippen molar-refractivity contribution >= 4 is 5.91 Å². The van der Waals surface area contributed by atoms with Crippen LogP contribution in [0.3, 0.4) is 0 Å². The highest BCUT2D eigenvalue weighted by molar-refractivity contribution is 5.79. The number of hydrogen-bond donors (Lipinski definition) is 1. The van der Waals surface area contributed by atoms with Gasteiger partial charge in [0.05, 0.1) is 12.5 Å². The molecule has 7 heteroatoms. The number of piperidine rings is 1. The maximum absolute atomic E-state index is 12.7. The number of unbranched alkanes of at least 4 members (excludes halogenated alkanes) is 2. The molecule has 1 saturated heterocycles. The van der Waals surface area contributed by atoms with Gasteiger partial charge in [-0.2, -0.15) is 4.80 Å². The highest BCUT2D eigenvalue weighted by Gasteiger charge is 2.27. The summed E-state index contributed by atoms with van der Waals surface area (Å²) < 4.78 is 0. The van der Waals surface area contributed by atoms with Gasteiger partial charge in [-0.25, -0.2) is 0 Å². The lowest BCUT2D eigenvalue weighted by Gasteiger charge is -2.33. The van der Waals surface area contributed by atoms with Gasteiger partial charge >= 0.3 is 0 Å². The van der Waals surface area contributed by atoms with E-state index in [2.05, 4.69) is 25.6 Å². The van der Waals surface area contributed by atoms with Gasteiger partial charge in [0.25, 0.3) is 0 Å². The van der Waals surface area contributed by atoms with Crippen molar-refractivity contribution in [3.05, 3.63) is 30.3 Å². The molecule has 1 amide bonds. The minimum absolute atomic E-state index is 0.173. The van der Waals surface area contributed by atoms with Gasteiger partial charge in [-0.3, -0.25) is 4.79 Å². The molecule has 1 N–H and O–H groups in total. The third-order valence-corrected chi connectivity index (χ3v) is 6.65. The molecule has 1 aromatic carbocycles. The van der Waals surface area contributed by atoms with E-state index in [1.807, 2.05) is 30.3 Å². The molecule has 0 radical (unpaired) electrons. The minimum atomic E-state index is 0.173. The minimum Gasteiger partial charge on any atom is -0.353 e. The summed E-state index contributed by atoms with van der Waals surface area (Å²) >= 11 is 0. The van der Waals surface area contributed by atoms with E-state index in [0.717, 1.165) is 76.7 Å². The summed E-state index contributed by atoms with van der Waals surface area (Å²) in [5.74, 6) is 1.15. The topological polar surface area (TPSA) is 75.9 Å². The quantitative estimate of drug-likeness (QED) is 0.622. The van der Waals surface area contributed by atoms with Crippen LogP contribution in [0.25, 0.3) is 11.4 Å². The Morgan fingerprint density at radius 3 is 2.61 bits per heavy atom. The predicted octanol–water partition coefficient (Wildman–Crippen LogP) is 3.67. The molecule has 1 unspecified atom stereocenters. The van der Waals surface area contributed by atoms with Crippen LogP contribution >= 0.6 is 0 Å². The van der Waals surface area contributed by atoms with Gasteiger partial charge in [0.15, 0.2) is 0 Å². The van der Waals surface area contributed by atoms with Crippen molar-refractivity contribution in [3.8, 4) is 11.4 Å². The van der Waals surface area contributed by atoms with Gasteiger partial charge < -0.3 is 10.2 Å². The highest BCUT2D eigenvalue weighted by Crippen LogP contribution is 2.21. The zero-order valence-corrected chi connectivity index (χ0v) is 18.6. The summed E-state index contributed by atoms with van der Waals surface area (Å²) in [5, 5.41) is 16.2. The van der Waals surface area contributed by atoms with E-state index in [-0.39, 0.29) is 5.92 Å². The fourth-order valence-corrected chi connectivity index (χ4v) is 4.84. The van der Waals surface area contributed by atoms with Crippen LogP contribution in [-0.2, 0) is 11.3 Å². The van der Waals surface area contributed by atoms with Crippen molar-refractivity contribution in [1.82, 2.24) is 30.4 Å². The first kappa shape index (κ1) is 21.9. The number of carbonyl (C=O) groups is 1. The zero-order chi connectivity index (χ0) is 21.3. The molecule has 7 nitrogen and oxygen atoms in total. The Bertz CT molecular complexity index is 801. The number of rotatable bonds is 9. The summed E-state index contributed by atoms with van der Waals surface area (Å²) in [6.45, 7) is 3.92. The molecule has 2 heterocycles. The molecule has 1 aromatic heterocycles. The van der Waals surface area contributed by atoms with Gasteiger partial charge in [-0.1, -0.05) is 56.0 Å². The van der Waals surface area contributed by atoms with Gasteiger partial charge in [0.1, 0.15) is 0 Å². The van der Waals surface area contributed by atoms with E-state index in [0.29, 0.717) is 17.8 Å². The van der Waals surface area contributed by atoms with Gasteiger partial charge in [0, 0.05) is 18.2 Å².